The quantitative estimate of drug-likeness (QED) is 0.682. The zero-order chi connectivity index (χ0) is 11.8. The Morgan fingerprint density at radius 3 is 2.88 bits per heavy atom. The summed E-state index contributed by atoms with van der Waals surface area (Å²) in [5.74, 6) is -0.280. The minimum atomic E-state index is -0.280. The fourth-order valence-corrected chi connectivity index (χ4v) is 1.88. The van der Waals surface area contributed by atoms with E-state index in [0.717, 1.165) is 11.3 Å². The van der Waals surface area contributed by atoms with Crippen molar-refractivity contribution < 1.29 is 4.39 Å². The number of halogens is 1. The molecular weight excluding hydrogens is 219 g/mol. The van der Waals surface area contributed by atoms with Gasteiger partial charge in [0.05, 0.1) is 5.69 Å². The number of nitrogens with zero attached hydrogens (tertiary/aromatic N) is 1. The molecule has 0 aliphatic carbocycles. The van der Waals surface area contributed by atoms with Crippen molar-refractivity contribution in [3.8, 4) is 11.3 Å². The standard InChI is InChI=1S/C13H9FN2O/c14-10-3-1-2-9(6-10)12-8-15-13-7-11(17)4-5-16(12)13/h1-8,15H. The third-order valence-electron chi connectivity index (χ3n) is 2.66. The van der Waals surface area contributed by atoms with Gasteiger partial charge in [0.1, 0.15) is 11.5 Å². The van der Waals surface area contributed by atoms with Gasteiger partial charge in [-0.1, -0.05) is 12.1 Å². The molecule has 0 bridgehead atoms. The highest BCUT2D eigenvalue weighted by Crippen LogP contribution is 2.20. The van der Waals surface area contributed by atoms with Crippen LogP contribution in [-0.2, 0) is 0 Å². The van der Waals surface area contributed by atoms with Crippen molar-refractivity contribution in [3.63, 3.8) is 0 Å². The Balaban J connectivity index is 2.28. The average molecular weight is 228 g/mol. The SMILES string of the molecule is O=c1ccn2c(-c3cccc(F)c3)c[nH]c2c1. The molecule has 3 rings (SSSR count). The molecule has 3 nitrogen and oxygen atoms in total. The van der Waals surface area contributed by atoms with Crippen LogP contribution in [-0.4, -0.2) is 9.38 Å². The fraction of sp³-hybridized carbons (Fsp3) is 0. The van der Waals surface area contributed by atoms with Crippen LogP contribution in [0, 0.1) is 5.82 Å². The molecule has 17 heavy (non-hydrogen) atoms. The maximum Gasteiger partial charge on any atom is 0.183 e. The number of hydrogen-bond acceptors (Lipinski definition) is 1. The largest absolute Gasteiger partial charge is 0.346 e. The van der Waals surface area contributed by atoms with E-state index in [-0.39, 0.29) is 11.2 Å². The maximum atomic E-state index is 13.2. The van der Waals surface area contributed by atoms with E-state index in [2.05, 4.69) is 4.98 Å². The number of nitrogens with one attached hydrogen (secondary N) is 1. The third-order valence-corrected chi connectivity index (χ3v) is 2.66. The molecule has 0 radical (unpaired) electrons. The molecule has 0 saturated heterocycles. The van der Waals surface area contributed by atoms with Crippen LogP contribution in [0.1, 0.15) is 0 Å². The highest BCUT2D eigenvalue weighted by atomic mass is 19.1. The summed E-state index contributed by atoms with van der Waals surface area (Å²) < 4.78 is 15.0. The van der Waals surface area contributed by atoms with Crippen molar-refractivity contribution in [2.75, 3.05) is 0 Å². The molecule has 0 spiro atoms. The van der Waals surface area contributed by atoms with E-state index in [9.17, 15) is 9.18 Å². The average Bonchev–Trinajstić information content (AvgIpc) is 2.71. The Labute approximate surface area is 96.2 Å². The molecule has 84 valence electrons. The molecule has 4 heteroatoms. The lowest BCUT2D eigenvalue weighted by Crippen LogP contribution is -1.99. The number of imidazole rings is 1. The molecule has 0 aliphatic rings. The Bertz CT molecular complexity index is 742. The number of aromatic amines is 1. The third kappa shape index (κ3) is 1.63. The number of benzene rings is 1. The highest BCUT2D eigenvalue weighted by molar-refractivity contribution is 5.63. The number of H-pyrrole nitrogens is 1. The molecule has 0 atom stereocenters. The summed E-state index contributed by atoms with van der Waals surface area (Å²) in [5.41, 5.74) is 2.22. The first-order valence-electron chi connectivity index (χ1n) is 5.20. The van der Waals surface area contributed by atoms with E-state index in [1.807, 2.05) is 10.5 Å². The second-order valence-electron chi connectivity index (χ2n) is 3.80. The van der Waals surface area contributed by atoms with Gasteiger partial charge >= 0.3 is 0 Å². The van der Waals surface area contributed by atoms with Gasteiger partial charge in [-0.15, -0.1) is 0 Å². The molecule has 2 aromatic heterocycles. The zero-order valence-corrected chi connectivity index (χ0v) is 8.85. The summed E-state index contributed by atoms with van der Waals surface area (Å²) >= 11 is 0. The van der Waals surface area contributed by atoms with Crippen LogP contribution < -0.4 is 5.43 Å². The van der Waals surface area contributed by atoms with Gasteiger partial charge in [0.15, 0.2) is 5.43 Å². The van der Waals surface area contributed by atoms with E-state index in [4.69, 9.17) is 0 Å². The van der Waals surface area contributed by atoms with E-state index in [0.29, 0.717) is 5.65 Å². The van der Waals surface area contributed by atoms with Crippen LogP contribution >= 0.6 is 0 Å². The van der Waals surface area contributed by atoms with Crippen LogP contribution in [0.3, 0.4) is 0 Å². The summed E-state index contributed by atoms with van der Waals surface area (Å²) in [6, 6.07) is 9.32. The summed E-state index contributed by atoms with van der Waals surface area (Å²) in [6.07, 6.45) is 3.43. The van der Waals surface area contributed by atoms with E-state index < -0.39 is 0 Å². The predicted molar refractivity (Wildman–Crippen MR) is 63.4 cm³/mol. The van der Waals surface area contributed by atoms with Gasteiger partial charge in [-0.05, 0) is 12.1 Å². The molecule has 0 aliphatic heterocycles. The highest BCUT2D eigenvalue weighted by Gasteiger charge is 2.05. The first kappa shape index (κ1) is 9.84. The fourth-order valence-electron chi connectivity index (χ4n) is 1.88. The minimum absolute atomic E-state index is 0.0577. The van der Waals surface area contributed by atoms with Gasteiger partial charge in [0.25, 0.3) is 0 Å². The summed E-state index contributed by atoms with van der Waals surface area (Å²) in [6.45, 7) is 0. The van der Waals surface area contributed by atoms with Crippen LogP contribution in [0.25, 0.3) is 16.9 Å². The summed E-state index contributed by atoms with van der Waals surface area (Å²) in [7, 11) is 0. The molecule has 0 unspecified atom stereocenters. The zero-order valence-electron chi connectivity index (χ0n) is 8.85. The molecule has 0 saturated carbocycles. The van der Waals surface area contributed by atoms with Crippen molar-refractivity contribution in [1.82, 2.24) is 9.38 Å². The summed E-state index contributed by atoms with van der Waals surface area (Å²) in [4.78, 5) is 14.2. The lowest BCUT2D eigenvalue weighted by Gasteiger charge is -2.01. The normalized spacial score (nSPS) is 10.9. The Hall–Kier alpha value is -2.36. The number of aromatic nitrogens is 2. The lowest BCUT2D eigenvalue weighted by molar-refractivity contribution is 0.628. The summed E-state index contributed by atoms with van der Waals surface area (Å²) in [5, 5.41) is 0. The van der Waals surface area contributed by atoms with Crippen molar-refractivity contribution in [2.45, 2.75) is 0 Å². The van der Waals surface area contributed by atoms with Crippen molar-refractivity contribution in [3.05, 3.63) is 64.8 Å². The molecule has 1 aromatic carbocycles. The Kier molecular flexibility index (Phi) is 2.08. The van der Waals surface area contributed by atoms with Crippen LogP contribution in [0.2, 0.25) is 0 Å². The second-order valence-corrected chi connectivity index (χ2v) is 3.80. The molecule has 0 amide bonds. The van der Waals surface area contributed by atoms with Gasteiger partial charge in [0, 0.05) is 30.1 Å². The number of rotatable bonds is 1. The first-order chi connectivity index (χ1) is 8.24. The molecule has 0 fully saturated rings. The van der Waals surface area contributed by atoms with Crippen LogP contribution in [0.4, 0.5) is 4.39 Å². The van der Waals surface area contributed by atoms with Crippen LogP contribution in [0.5, 0.6) is 0 Å². The lowest BCUT2D eigenvalue weighted by atomic mass is 10.1. The second kappa shape index (κ2) is 3.59. The Morgan fingerprint density at radius 1 is 1.18 bits per heavy atom. The van der Waals surface area contributed by atoms with E-state index in [1.54, 1.807) is 18.5 Å². The van der Waals surface area contributed by atoms with E-state index >= 15 is 0 Å². The minimum Gasteiger partial charge on any atom is -0.346 e. The molecule has 2 heterocycles. The number of fused-ring (bicyclic) bond motifs is 1. The van der Waals surface area contributed by atoms with Gasteiger partial charge in [-0.2, -0.15) is 0 Å². The van der Waals surface area contributed by atoms with Gasteiger partial charge in [-0.25, -0.2) is 4.39 Å². The van der Waals surface area contributed by atoms with E-state index in [1.165, 1.54) is 24.3 Å². The Morgan fingerprint density at radius 2 is 2.06 bits per heavy atom. The van der Waals surface area contributed by atoms with Gasteiger partial charge in [-0.3, -0.25) is 4.79 Å². The first-order valence-corrected chi connectivity index (χ1v) is 5.20. The molecule has 3 aromatic rings. The van der Waals surface area contributed by atoms with Gasteiger partial charge in [0.2, 0.25) is 0 Å². The van der Waals surface area contributed by atoms with Crippen molar-refractivity contribution in [2.24, 2.45) is 0 Å². The number of hydrogen-bond donors (Lipinski definition) is 1. The monoisotopic (exact) mass is 228 g/mol. The maximum absolute atomic E-state index is 13.2. The smallest absolute Gasteiger partial charge is 0.183 e. The number of pyridine rings is 1. The molecular formula is C13H9FN2O. The molecule has 1 N–H and O–H groups in total. The predicted octanol–water partition coefficient (Wildman–Crippen LogP) is 2.43. The van der Waals surface area contributed by atoms with Gasteiger partial charge < -0.3 is 9.38 Å². The van der Waals surface area contributed by atoms with Crippen molar-refractivity contribution in [1.29, 1.82) is 0 Å². The van der Waals surface area contributed by atoms with Crippen molar-refractivity contribution >= 4 is 5.65 Å². The topological polar surface area (TPSA) is 37.3 Å². The van der Waals surface area contributed by atoms with Crippen LogP contribution in [0.15, 0.2) is 53.6 Å².